The molecule has 0 radical (unpaired) electrons. The minimum Gasteiger partial charge on any atom is -0.493 e. The first-order chi connectivity index (χ1) is 13.3. The van der Waals surface area contributed by atoms with Crippen LogP contribution in [0.25, 0.3) is 10.8 Å². The molecule has 0 aliphatic rings. The Morgan fingerprint density at radius 2 is 1.44 bits per heavy atom. The van der Waals surface area contributed by atoms with Gasteiger partial charge in [-0.05, 0) is 19.3 Å². The van der Waals surface area contributed by atoms with Crippen molar-refractivity contribution in [1.82, 2.24) is 0 Å². The molecule has 2 aromatic carbocycles. The van der Waals surface area contributed by atoms with Crippen molar-refractivity contribution in [3.63, 3.8) is 0 Å². The monoisotopic (exact) mass is 392 g/mol. The Hall–Kier alpha value is -1.61. The molecule has 0 atom stereocenters. The lowest BCUT2D eigenvalue weighted by atomic mass is 10.1. The lowest BCUT2D eigenvalue weighted by Gasteiger charge is -2.17. The molecular formula is C23H33ClO3. The molecule has 0 unspecified atom stereocenters. The Morgan fingerprint density at radius 3 is 2.15 bits per heavy atom. The van der Waals surface area contributed by atoms with Crippen LogP contribution in [-0.2, 0) is 0 Å². The molecule has 0 aromatic heterocycles. The zero-order valence-electron chi connectivity index (χ0n) is 16.8. The van der Waals surface area contributed by atoms with E-state index in [1.807, 2.05) is 18.2 Å². The van der Waals surface area contributed by atoms with Crippen molar-refractivity contribution in [3.05, 3.63) is 30.3 Å². The molecule has 0 aliphatic carbocycles. The van der Waals surface area contributed by atoms with Gasteiger partial charge in [0.05, 0.1) is 20.3 Å². The second-order valence-electron chi connectivity index (χ2n) is 6.81. The Labute approximate surface area is 169 Å². The fourth-order valence-electron chi connectivity index (χ4n) is 3.15. The Bertz CT molecular complexity index is 672. The summed E-state index contributed by atoms with van der Waals surface area (Å²) >= 11 is 5.73. The maximum atomic E-state index is 6.12. The van der Waals surface area contributed by atoms with Crippen LogP contribution in [0.1, 0.15) is 58.3 Å². The Kier molecular flexibility index (Phi) is 10.2. The van der Waals surface area contributed by atoms with E-state index in [0.29, 0.717) is 13.2 Å². The van der Waals surface area contributed by atoms with Gasteiger partial charge in [-0.25, -0.2) is 0 Å². The van der Waals surface area contributed by atoms with E-state index in [4.69, 9.17) is 25.8 Å². The van der Waals surface area contributed by atoms with E-state index in [9.17, 15) is 0 Å². The third kappa shape index (κ3) is 6.80. The predicted molar refractivity (Wildman–Crippen MR) is 115 cm³/mol. The van der Waals surface area contributed by atoms with E-state index in [0.717, 1.165) is 66.0 Å². The van der Waals surface area contributed by atoms with Gasteiger partial charge in [0, 0.05) is 22.7 Å². The van der Waals surface area contributed by atoms with Crippen LogP contribution in [-0.4, -0.2) is 26.2 Å². The van der Waals surface area contributed by atoms with Crippen LogP contribution in [0.2, 0.25) is 0 Å². The first-order valence-electron chi connectivity index (χ1n) is 10.2. The van der Waals surface area contributed by atoms with Gasteiger partial charge in [-0.3, -0.25) is 0 Å². The number of hydrogen-bond donors (Lipinski definition) is 0. The first-order valence-corrected chi connectivity index (χ1v) is 10.8. The normalized spacial score (nSPS) is 10.9. The van der Waals surface area contributed by atoms with Gasteiger partial charge >= 0.3 is 0 Å². The number of fused-ring (bicyclic) bond motifs is 1. The van der Waals surface area contributed by atoms with Gasteiger partial charge in [-0.2, -0.15) is 0 Å². The maximum absolute atomic E-state index is 6.12. The van der Waals surface area contributed by atoms with E-state index < -0.39 is 0 Å². The van der Waals surface area contributed by atoms with Crippen LogP contribution in [0.3, 0.4) is 0 Å². The third-order valence-electron chi connectivity index (χ3n) is 4.67. The summed E-state index contributed by atoms with van der Waals surface area (Å²) in [6.07, 6.45) is 9.13. The first kappa shape index (κ1) is 21.7. The summed E-state index contributed by atoms with van der Waals surface area (Å²) < 4.78 is 17.8. The lowest BCUT2D eigenvalue weighted by Crippen LogP contribution is -2.03. The molecule has 0 saturated carbocycles. The van der Waals surface area contributed by atoms with Crippen molar-refractivity contribution in [1.29, 1.82) is 0 Å². The number of hydrogen-bond acceptors (Lipinski definition) is 3. The minimum atomic E-state index is 0.701. The smallest absolute Gasteiger partial charge is 0.169 e. The van der Waals surface area contributed by atoms with E-state index in [1.54, 1.807) is 7.11 Å². The fourth-order valence-corrected chi connectivity index (χ4v) is 3.34. The molecule has 0 N–H and O–H groups in total. The van der Waals surface area contributed by atoms with Crippen molar-refractivity contribution in [2.75, 3.05) is 26.2 Å². The number of benzene rings is 2. The number of halogens is 1. The van der Waals surface area contributed by atoms with E-state index in [1.165, 1.54) is 19.3 Å². The molecular weight excluding hydrogens is 360 g/mol. The lowest BCUT2D eigenvalue weighted by molar-refractivity contribution is 0.283. The zero-order valence-corrected chi connectivity index (χ0v) is 17.5. The Morgan fingerprint density at radius 1 is 0.778 bits per heavy atom. The minimum absolute atomic E-state index is 0.701. The molecule has 0 aliphatic heterocycles. The van der Waals surface area contributed by atoms with Gasteiger partial charge < -0.3 is 14.2 Å². The van der Waals surface area contributed by atoms with Crippen molar-refractivity contribution in [2.45, 2.75) is 58.3 Å². The second-order valence-corrected chi connectivity index (χ2v) is 7.19. The molecule has 3 nitrogen and oxygen atoms in total. The number of rotatable bonds is 14. The quantitative estimate of drug-likeness (QED) is 0.256. The highest BCUT2D eigenvalue weighted by Gasteiger charge is 2.15. The van der Waals surface area contributed by atoms with Crippen molar-refractivity contribution in [3.8, 4) is 17.2 Å². The molecule has 0 amide bonds. The molecule has 0 heterocycles. The van der Waals surface area contributed by atoms with E-state index >= 15 is 0 Å². The highest BCUT2D eigenvalue weighted by Crippen LogP contribution is 2.41. The summed E-state index contributed by atoms with van der Waals surface area (Å²) in [6.45, 7) is 3.63. The number of ether oxygens (including phenoxy) is 3. The summed E-state index contributed by atoms with van der Waals surface area (Å²) in [5, 5.41) is 2.12. The van der Waals surface area contributed by atoms with E-state index in [-0.39, 0.29) is 0 Å². The van der Waals surface area contributed by atoms with Crippen LogP contribution in [0.4, 0.5) is 0 Å². The van der Waals surface area contributed by atoms with Crippen molar-refractivity contribution < 1.29 is 14.2 Å². The maximum Gasteiger partial charge on any atom is 0.169 e. The highest BCUT2D eigenvalue weighted by atomic mass is 35.5. The average Bonchev–Trinajstić information content (AvgIpc) is 2.71. The van der Waals surface area contributed by atoms with Gasteiger partial charge in [-0.1, -0.05) is 63.3 Å². The molecule has 27 heavy (non-hydrogen) atoms. The molecule has 4 heteroatoms. The predicted octanol–water partition coefficient (Wildman–Crippen LogP) is 6.99. The molecule has 150 valence electrons. The zero-order chi connectivity index (χ0) is 19.3. The molecule has 0 spiro atoms. The standard InChI is InChI=1S/C23H33ClO3/c1-3-4-5-11-17-27-23-20-14-9-8-13-19(20)21(18-22(23)25-2)26-16-12-7-6-10-15-24/h8-9,13-14,18H,3-7,10-12,15-17H2,1-2H3. The summed E-state index contributed by atoms with van der Waals surface area (Å²) in [7, 11) is 1.68. The molecule has 2 aromatic rings. The van der Waals surface area contributed by atoms with Gasteiger partial charge in [0.2, 0.25) is 0 Å². The summed E-state index contributed by atoms with van der Waals surface area (Å²) in [6, 6.07) is 10.2. The van der Waals surface area contributed by atoms with Gasteiger partial charge in [-0.15, -0.1) is 11.6 Å². The number of methoxy groups -OCH3 is 1. The van der Waals surface area contributed by atoms with Crippen LogP contribution >= 0.6 is 11.6 Å². The number of alkyl halides is 1. The van der Waals surface area contributed by atoms with Crippen molar-refractivity contribution in [2.24, 2.45) is 0 Å². The summed E-state index contributed by atoms with van der Waals surface area (Å²) in [4.78, 5) is 0. The number of unbranched alkanes of at least 4 members (excludes halogenated alkanes) is 6. The topological polar surface area (TPSA) is 27.7 Å². The largest absolute Gasteiger partial charge is 0.493 e. The summed E-state index contributed by atoms with van der Waals surface area (Å²) in [5.74, 6) is 3.15. The molecule has 0 bridgehead atoms. The van der Waals surface area contributed by atoms with Crippen LogP contribution in [0.5, 0.6) is 17.2 Å². The van der Waals surface area contributed by atoms with Crippen molar-refractivity contribution >= 4 is 22.4 Å². The van der Waals surface area contributed by atoms with Crippen LogP contribution < -0.4 is 14.2 Å². The van der Waals surface area contributed by atoms with Gasteiger partial charge in [0.25, 0.3) is 0 Å². The molecule has 0 saturated heterocycles. The second kappa shape index (κ2) is 12.7. The van der Waals surface area contributed by atoms with Crippen LogP contribution in [0.15, 0.2) is 30.3 Å². The van der Waals surface area contributed by atoms with Gasteiger partial charge in [0.15, 0.2) is 11.5 Å². The molecule has 2 rings (SSSR count). The van der Waals surface area contributed by atoms with Gasteiger partial charge in [0.1, 0.15) is 5.75 Å². The highest BCUT2D eigenvalue weighted by molar-refractivity contribution is 6.17. The fraction of sp³-hybridized carbons (Fsp3) is 0.565. The molecule has 0 fully saturated rings. The SMILES string of the molecule is CCCCCCOc1c(OC)cc(OCCCCCCCl)c2ccccc12. The average molecular weight is 393 g/mol. The van der Waals surface area contributed by atoms with E-state index in [2.05, 4.69) is 19.1 Å². The van der Waals surface area contributed by atoms with Crippen LogP contribution in [0, 0.1) is 0 Å². The summed E-state index contributed by atoms with van der Waals surface area (Å²) in [5.41, 5.74) is 0. The third-order valence-corrected chi connectivity index (χ3v) is 4.94. The Balaban J connectivity index is 2.09.